The van der Waals surface area contributed by atoms with Crippen molar-refractivity contribution in [3.63, 3.8) is 0 Å². The summed E-state index contributed by atoms with van der Waals surface area (Å²) in [5.74, 6) is 0.649. The largest absolute Gasteiger partial charge is 0.506 e. The molecular weight excluding hydrogens is 548 g/mol. The quantitative estimate of drug-likeness (QED) is 0.180. The zero-order chi connectivity index (χ0) is 30.2. The summed E-state index contributed by atoms with van der Waals surface area (Å²) in [4.78, 5) is 15.7. The number of anilines is 2. The van der Waals surface area contributed by atoms with Crippen LogP contribution in [0.5, 0.6) is 17.2 Å². The van der Waals surface area contributed by atoms with Gasteiger partial charge in [-0.15, -0.1) is 0 Å². The van der Waals surface area contributed by atoms with E-state index in [4.69, 9.17) is 9.47 Å². The highest BCUT2D eigenvalue weighted by molar-refractivity contribution is 7.92. The number of ether oxygens (including phenoxy) is 2. The van der Waals surface area contributed by atoms with Crippen LogP contribution >= 0.6 is 0 Å². The third-order valence-corrected chi connectivity index (χ3v) is 6.98. The van der Waals surface area contributed by atoms with Crippen LogP contribution in [0.2, 0.25) is 0 Å². The summed E-state index contributed by atoms with van der Waals surface area (Å²) in [6.07, 6.45) is -0.179. The van der Waals surface area contributed by atoms with Gasteiger partial charge in [0, 0.05) is 18.8 Å². The highest BCUT2D eigenvalue weighted by Crippen LogP contribution is 2.30. The minimum absolute atomic E-state index is 0.0612. The number of nitrogens with zero attached hydrogens (tertiary/aromatic N) is 1. The zero-order valence-electron chi connectivity index (χ0n) is 23.8. The van der Waals surface area contributed by atoms with Crippen molar-refractivity contribution >= 4 is 27.3 Å². The van der Waals surface area contributed by atoms with Gasteiger partial charge in [0.2, 0.25) is 15.9 Å². The van der Waals surface area contributed by atoms with E-state index in [1.807, 2.05) is 19.0 Å². The Kier molecular flexibility index (Phi) is 10.6. The Balaban J connectivity index is 1.80. The van der Waals surface area contributed by atoms with Crippen molar-refractivity contribution in [2.24, 2.45) is 0 Å². The van der Waals surface area contributed by atoms with E-state index >= 15 is 0 Å². The molecule has 11 nitrogen and oxygen atoms in total. The number of aromatic hydroxyl groups is 1. The zero-order valence-corrected chi connectivity index (χ0v) is 24.7. The van der Waals surface area contributed by atoms with Crippen LogP contribution in [-0.2, 0) is 20.4 Å². The van der Waals surface area contributed by atoms with Crippen LogP contribution in [0.4, 0.5) is 11.4 Å². The Labute approximate surface area is 241 Å². The number of rotatable bonds is 14. The molecule has 0 aliphatic heterocycles. The summed E-state index contributed by atoms with van der Waals surface area (Å²) in [6.45, 7) is 2.93. The Morgan fingerprint density at radius 1 is 1.02 bits per heavy atom. The number of nitrogens with one attached hydrogen (secondary N) is 3. The van der Waals surface area contributed by atoms with Crippen molar-refractivity contribution in [2.75, 3.05) is 57.2 Å². The second kappa shape index (κ2) is 13.7. The number of methoxy groups -OCH3 is 1. The van der Waals surface area contributed by atoms with Gasteiger partial charge < -0.3 is 29.9 Å². The molecule has 0 bridgehead atoms. The molecular formula is C29H38N4O7S. The second-order valence-corrected chi connectivity index (χ2v) is 11.8. The summed E-state index contributed by atoms with van der Waals surface area (Å²) in [5, 5.41) is 27.1. The molecule has 0 saturated carbocycles. The van der Waals surface area contributed by atoms with Crippen LogP contribution in [0.3, 0.4) is 0 Å². The first kappa shape index (κ1) is 31.7. The standard InChI is InChI=1S/C29H38N4O7S/c1-29(21-7-11-23(39-4)12-8-21,28(36)31-22-9-13-24(14-10-22)40-17-16-33(2)3)30-19-27(35)20-6-15-26(34)25(18-20)32-41(5,37)38/h6-15,18,27,30,32,34-35H,16-17,19H2,1-5H3,(H,31,36)/t27?,29-/m0/s1. The van der Waals surface area contributed by atoms with Gasteiger partial charge in [0.25, 0.3) is 0 Å². The van der Waals surface area contributed by atoms with Gasteiger partial charge in [-0.1, -0.05) is 18.2 Å². The van der Waals surface area contributed by atoms with Gasteiger partial charge in [0.1, 0.15) is 29.4 Å². The van der Waals surface area contributed by atoms with Crippen LogP contribution in [0.1, 0.15) is 24.2 Å². The molecule has 3 rings (SSSR count). The lowest BCUT2D eigenvalue weighted by Crippen LogP contribution is -2.50. The monoisotopic (exact) mass is 586 g/mol. The molecule has 0 saturated heterocycles. The van der Waals surface area contributed by atoms with E-state index in [9.17, 15) is 23.4 Å². The molecule has 0 fully saturated rings. The summed E-state index contributed by atoms with van der Waals surface area (Å²) < 4.78 is 36.5. The fraction of sp³-hybridized carbons (Fsp3) is 0.345. The minimum Gasteiger partial charge on any atom is -0.506 e. The first-order chi connectivity index (χ1) is 19.3. The molecule has 2 atom stereocenters. The Hall–Kier alpha value is -3.84. The van der Waals surface area contributed by atoms with E-state index in [-0.39, 0.29) is 23.9 Å². The fourth-order valence-corrected chi connectivity index (χ4v) is 4.50. The minimum atomic E-state index is -3.65. The molecule has 0 aliphatic carbocycles. The van der Waals surface area contributed by atoms with Crippen molar-refractivity contribution in [2.45, 2.75) is 18.6 Å². The van der Waals surface area contributed by atoms with Crippen molar-refractivity contribution in [3.05, 3.63) is 77.9 Å². The lowest BCUT2D eigenvalue weighted by atomic mass is 9.90. The number of carbonyl (C=O) groups excluding carboxylic acids is 1. The van der Waals surface area contributed by atoms with Gasteiger partial charge in [-0.2, -0.15) is 0 Å². The van der Waals surface area contributed by atoms with E-state index in [2.05, 4.69) is 15.4 Å². The number of hydrogen-bond donors (Lipinski definition) is 5. The maximum atomic E-state index is 13.7. The predicted molar refractivity (Wildman–Crippen MR) is 159 cm³/mol. The molecule has 1 amide bonds. The number of aliphatic hydroxyl groups excluding tert-OH is 1. The average Bonchev–Trinajstić information content (AvgIpc) is 2.92. The maximum absolute atomic E-state index is 13.7. The molecule has 0 aromatic heterocycles. The van der Waals surface area contributed by atoms with Crippen molar-refractivity contribution in [1.82, 2.24) is 10.2 Å². The van der Waals surface area contributed by atoms with E-state index < -0.39 is 21.7 Å². The number of amides is 1. The van der Waals surface area contributed by atoms with Crippen LogP contribution in [0.15, 0.2) is 66.7 Å². The summed E-state index contributed by atoms with van der Waals surface area (Å²) in [5.41, 5.74) is 0.167. The molecule has 0 aliphatic rings. The van der Waals surface area contributed by atoms with Gasteiger partial charge in [0.05, 0.1) is 25.2 Å². The average molecular weight is 587 g/mol. The lowest BCUT2D eigenvalue weighted by molar-refractivity contribution is -0.122. The molecule has 5 N–H and O–H groups in total. The Bertz CT molecular complexity index is 1410. The highest BCUT2D eigenvalue weighted by atomic mass is 32.2. The third-order valence-electron chi connectivity index (χ3n) is 6.39. The summed E-state index contributed by atoms with van der Waals surface area (Å²) >= 11 is 0. The molecule has 222 valence electrons. The number of likely N-dealkylation sites (N-methyl/N-ethyl adjacent to an activating group) is 1. The van der Waals surface area contributed by atoms with Gasteiger partial charge >= 0.3 is 0 Å². The van der Waals surface area contributed by atoms with E-state index in [0.29, 0.717) is 34.9 Å². The first-order valence-corrected chi connectivity index (χ1v) is 14.8. The van der Waals surface area contributed by atoms with E-state index in [1.54, 1.807) is 62.6 Å². The van der Waals surface area contributed by atoms with E-state index in [1.165, 1.54) is 18.2 Å². The van der Waals surface area contributed by atoms with Crippen molar-refractivity contribution in [1.29, 1.82) is 0 Å². The van der Waals surface area contributed by atoms with Crippen LogP contribution < -0.4 is 24.8 Å². The number of phenolic OH excluding ortho intramolecular Hbond substituents is 1. The van der Waals surface area contributed by atoms with Crippen LogP contribution in [-0.4, -0.2) is 76.6 Å². The fourth-order valence-electron chi connectivity index (χ4n) is 3.94. The van der Waals surface area contributed by atoms with Crippen LogP contribution in [0.25, 0.3) is 0 Å². The van der Waals surface area contributed by atoms with Gasteiger partial charge in [-0.05, 0) is 80.7 Å². The smallest absolute Gasteiger partial charge is 0.249 e. The number of hydrogen-bond acceptors (Lipinski definition) is 9. The molecule has 0 radical (unpaired) electrons. The Morgan fingerprint density at radius 3 is 2.24 bits per heavy atom. The molecule has 0 spiro atoms. The van der Waals surface area contributed by atoms with Gasteiger partial charge in [-0.3, -0.25) is 14.8 Å². The van der Waals surface area contributed by atoms with Gasteiger partial charge in [-0.25, -0.2) is 8.42 Å². The number of benzene rings is 3. The molecule has 12 heteroatoms. The lowest BCUT2D eigenvalue weighted by Gasteiger charge is -2.31. The van der Waals surface area contributed by atoms with E-state index in [0.717, 1.165) is 12.8 Å². The number of phenols is 1. The Morgan fingerprint density at radius 2 is 1.66 bits per heavy atom. The molecule has 3 aromatic rings. The molecule has 1 unspecified atom stereocenters. The van der Waals surface area contributed by atoms with Crippen molar-refractivity contribution in [3.8, 4) is 17.2 Å². The summed E-state index contributed by atoms with van der Waals surface area (Å²) in [7, 11) is 1.83. The summed E-state index contributed by atoms with van der Waals surface area (Å²) in [6, 6.07) is 18.2. The molecule has 41 heavy (non-hydrogen) atoms. The first-order valence-electron chi connectivity index (χ1n) is 12.9. The normalized spacial score (nSPS) is 13.7. The number of carbonyl (C=O) groups is 1. The third kappa shape index (κ3) is 9.08. The topological polar surface area (TPSA) is 149 Å². The number of sulfonamides is 1. The maximum Gasteiger partial charge on any atom is 0.249 e. The number of aliphatic hydroxyl groups is 1. The van der Waals surface area contributed by atoms with Crippen LogP contribution in [0, 0.1) is 0 Å². The molecule has 0 heterocycles. The SMILES string of the molecule is COc1ccc([C@](C)(NCC(O)c2ccc(O)c(NS(C)(=O)=O)c2)C(=O)Nc2ccc(OCCN(C)C)cc2)cc1. The highest BCUT2D eigenvalue weighted by Gasteiger charge is 2.35. The predicted octanol–water partition coefficient (Wildman–Crippen LogP) is 2.89. The second-order valence-electron chi connectivity index (χ2n) is 10.0. The van der Waals surface area contributed by atoms with Gasteiger partial charge in [0.15, 0.2) is 0 Å². The van der Waals surface area contributed by atoms with Crippen molar-refractivity contribution < 1.29 is 32.9 Å². The molecule has 3 aromatic carbocycles.